The fraction of sp³-hybridized carbons (Fsp3) is 0.583. The van der Waals surface area contributed by atoms with Gasteiger partial charge in [0.25, 0.3) is 5.91 Å². The topological polar surface area (TPSA) is 99.2 Å². The van der Waals surface area contributed by atoms with E-state index in [1.165, 1.54) is 6.20 Å². The molecule has 1 aromatic rings. The van der Waals surface area contributed by atoms with Crippen LogP contribution in [0.4, 0.5) is 4.79 Å². The van der Waals surface area contributed by atoms with Crippen LogP contribution in [0.25, 0.3) is 0 Å². The summed E-state index contributed by atoms with van der Waals surface area (Å²) in [5, 5.41) is 2.64. The summed E-state index contributed by atoms with van der Waals surface area (Å²) in [7, 11) is 0. The number of aromatic nitrogens is 2. The quantitative estimate of drug-likeness (QED) is 0.775. The van der Waals surface area contributed by atoms with Gasteiger partial charge in [-0.2, -0.15) is 0 Å². The molecule has 1 rings (SSSR count). The maximum Gasteiger partial charge on any atom is 0.407 e. The molecule has 1 aromatic heterocycles. The molecule has 0 unspecified atom stereocenters. The largest absolute Gasteiger partial charge is 0.444 e. The number of aryl methyl sites for hydroxylation is 1. The number of carbonyl (C=O) groups is 2. The number of alkyl carbamates (subject to hydrolysis) is 1. The molecule has 106 valence electrons. The molecule has 0 fully saturated rings. The molecule has 0 atom stereocenters. The van der Waals surface area contributed by atoms with Gasteiger partial charge < -0.3 is 20.4 Å². The van der Waals surface area contributed by atoms with Crippen LogP contribution in [0, 0.1) is 0 Å². The molecule has 0 saturated carbocycles. The van der Waals surface area contributed by atoms with Gasteiger partial charge in [0.2, 0.25) is 0 Å². The molecule has 7 nitrogen and oxygen atoms in total. The molecular formula is C12H20N4O3. The van der Waals surface area contributed by atoms with Crippen molar-refractivity contribution in [2.45, 2.75) is 39.3 Å². The van der Waals surface area contributed by atoms with Gasteiger partial charge in [-0.3, -0.25) is 4.79 Å². The van der Waals surface area contributed by atoms with E-state index in [2.05, 4.69) is 10.3 Å². The van der Waals surface area contributed by atoms with Crippen LogP contribution in [0.2, 0.25) is 0 Å². The van der Waals surface area contributed by atoms with E-state index in [9.17, 15) is 9.59 Å². The van der Waals surface area contributed by atoms with Crippen molar-refractivity contribution in [3.8, 4) is 0 Å². The smallest absolute Gasteiger partial charge is 0.407 e. The van der Waals surface area contributed by atoms with Gasteiger partial charge in [-0.15, -0.1) is 0 Å². The minimum atomic E-state index is -0.565. The summed E-state index contributed by atoms with van der Waals surface area (Å²) in [4.78, 5) is 26.3. The Kier molecular flexibility index (Phi) is 4.91. The van der Waals surface area contributed by atoms with Crippen LogP contribution in [0.15, 0.2) is 12.4 Å². The molecule has 19 heavy (non-hydrogen) atoms. The molecule has 0 radical (unpaired) electrons. The van der Waals surface area contributed by atoms with E-state index in [4.69, 9.17) is 10.5 Å². The molecule has 0 aliphatic heterocycles. The lowest BCUT2D eigenvalue weighted by Crippen LogP contribution is -2.33. The highest BCUT2D eigenvalue weighted by atomic mass is 16.6. The highest BCUT2D eigenvalue weighted by Gasteiger charge is 2.15. The van der Waals surface area contributed by atoms with Crippen molar-refractivity contribution in [2.24, 2.45) is 5.73 Å². The van der Waals surface area contributed by atoms with Crippen LogP contribution in [-0.4, -0.2) is 33.7 Å². The number of amides is 2. The molecular weight excluding hydrogens is 248 g/mol. The van der Waals surface area contributed by atoms with Crippen LogP contribution in [0.3, 0.4) is 0 Å². The molecule has 0 aliphatic carbocycles. The summed E-state index contributed by atoms with van der Waals surface area (Å²) < 4.78 is 6.75. The van der Waals surface area contributed by atoms with Crippen LogP contribution in [0.5, 0.6) is 0 Å². The minimum absolute atomic E-state index is 0.220. The monoisotopic (exact) mass is 268 g/mol. The second kappa shape index (κ2) is 6.21. The fourth-order valence-electron chi connectivity index (χ4n) is 1.47. The average molecular weight is 268 g/mol. The zero-order valence-corrected chi connectivity index (χ0v) is 11.5. The number of nitrogens with two attached hydrogens (primary N) is 1. The van der Waals surface area contributed by atoms with Gasteiger partial charge in [-0.25, -0.2) is 9.78 Å². The fourth-order valence-corrected chi connectivity index (χ4v) is 1.47. The third-order valence-corrected chi connectivity index (χ3v) is 2.18. The predicted molar refractivity (Wildman–Crippen MR) is 69.6 cm³/mol. The summed E-state index contributed by atoms with van der Waals surface area (Å²) in [6, 6.07) is 0. The zero-order valence-electron chi connectivity index (χ0n) is 11.5. The molecule has 1 heterocycles. The number of hydrogen-bond acceptors (Lipinski definition) is 4. The van der Waals surface area contributed by atoms with Gasteiger partial charge in [0.15, 0.2) is 5.82 Å². The van der Waals surface area contributed by atoms with Crippen LogP contribution >= 0.6 is 0 Å². The Hall–Kier alpha value is -2.05. The Balaban J connectivity index is 2.30. The molecule has 7 heteroatoms. The first-order chi connectivity index (χ1) is 8.79. The van der Waals surface area contributed by atoms with Crippen molar-refractivity contribution < 1.29 is 14.3 Å². The van der Waals surface area contributed by atoms with Gasteiger partial charge in [0.1, 0.15) is 5.60 Å². The first-order valence-corrected chi connectivity index (χ1v) is 6.07. The summed E-state index contributed by atoms with van der Waals surface area (Å²) in [5.41, 5.74) is 4.66. The SMILES string of the molecule is CC(C)(C)OC(=O)NCCCn1ccnc1C(N)=O. The number of primary amides is 1. The first-order valence-electron chi connectivity index (χ1n) is 6.07. The van der Waals surface area contributed by atoms with Crippen LogP contribution < -0.4 is 11.1 Å². The van der Waals surface area contributed by atoms with E-state index in [0.717, 1.165) is 0 Å². The summed E-state index contributed by atoms with van der Waals surface area (Å²) >= 11 is 0. The summed E-state index contributed by atoms with van der Waals surface area (Å²) in [5.74, 6) is -0.345. The lowest BCUT2D eigenvalue weighted by Gasteiger charge is -2.19. The summed E-state index contributed by atoms with van der Waals surface area (Å²) in [6.45, 7) is 6.41. The molecule has 0 saturated heterocycles. The number of imidazole rings is 1. The van der Waals surface area contributed by atoms with Crippen LogP contribution in [0.1, 0.15) is 37.8 Å². The number of rotatable bonds is 5. The van der Waals surface area contributed by atoms with Gasteiger partial charge in [0, 0.05) is 25.5 Å². The van der Waals surface area contributed by atoms with Crippen molar-refractivity contribution in [1.29, 1.82) is 0 Å². The maximum atomic E-state index is 11.4. The number of nitrogens with zero attached hydrogens (tertiary/aromatic N) is 2. The normalized spacial score (nSPS) is 11.1. The van der Waals surface area contributed by atoms with Crippen molar-refractivity contribution >= 4 is 12.0 Å². The highest BCUT2D eigenvalue weighted by Crippen LogP contribution is 2.06. The molecule has 0 spiro atoms. The van der Waals surface area contributed by atoms with E-state index in [-0.39, 0.29) is 5.82 Å². The predicted octanol–water partition coefficient (Wildman–Crippen LogP) is 0.897. The van der Waals surface area contributed by atoms with Crippen molar-refractivity contribution in [3.63, 3.8) is 0 Å². The molecule has 0 aromatic carbocycles. The molecule has 0 aliphatic rings. The van der Waals surface area contributed by atoms with Gasteiger partial charge in [0.05, 0.1) is 0 Å². The highest BCUT2D eigenvalue weighted by molar-refractivity contribution is 5.89. The lowest BCUT2D eigenvalue weighted by molar-refractivity contribution is 0.0526. The number of hydrogen-bond donors (Lipinski definition) is 2. The van der Waals surface area contributed by atoms with Gasteiger partial charge in [-0.05, 0) is 27.2 Å². The Labute approximate surface area is 112 Å². The summed E-state index contributed by atoms with van der Waals surface area (Å²) in [6.07, 6.45) is 3.39. The Morgan fingerprint density at radius 1 is 1.47 bits per heavy atom. The third kappa shape index (κ3) is 5.41. The van der Waals surface area contributed by atoms with Gasteiger partial charge >= 0.3 is 6.09 Å². The van der Waals surface area contributed by atoms with Crippen LogP contribution in [-0.2, 0) is 11.3 Å². The van der Waals surface area contributed by atoms with Gasteiger partial charge in [-0.1, -0.05) is 0 Å². The Morgan fingerprint density at radius 2 is 2.16 bits per heavy atom. The van der Waals surface area contributed by atoms with E-state index in [1.807, 2.05) is 0 Å². The van der Waals surface area contributed by atoms with Crippen molar-refractivity contribution in [3.05, 3.63) is 18.2 Å². The Bertz CT molecular complexity index is 448. The minimum Gasteiger partial charge on any atom is -0.444 e. The number of nitrogens with one attached hydrogen (secondary N) is 1. The maximum absolute atomic E-state index is 11.4. The Morgan fingerprint density at radius 3 is 2.74 bits per heavy atom. The second-order valence-electron chi connectivity index (χ2n) is 5.09. The third-order valence-electron chi connectivity index (χ3n) is 2.18. The molecule has 2 amide bonds. The lowest BCUT2D eigenvalue weighted by atomic mass is 10.2. The second-order valence-corrected chi connectivity index (χ2v) is 5.09. The van der Waals surface area contributed by atoms with E-state index in [0.29, 0.717) is 19.5 Å². The molecule has 0 bridgehead atoms. The average Bonchev–Trinajstić information content (AvgIpc) is 2.70. The zero-order chi connectivity index (χ0) is 14.5. The standard InChI is InChI=1S/C12H20N4O3/c1-12(2,3)19-11(18)15-5-4-7-16-8-6-14-10(16)9(13)17/h6,8H,4-5,7H2,1-3H3,(H2,13,17)(H,15,18). The van der Waals surface area contributed by atoms with E-state index >= 15 is 0 Å². The number of ether oxygens (including phenoxy) is 1. The van der Waals surface area contributed by atoms with E-state index in [1.54, 1.807) is 31.5 Å². The van der Waals surface area contributed by atoms with E-state index < -0.39 is 17.6 Å². The van der Waals surface area contributed by atoms with Crippen molar-refractivity contribution in [2.75, 3.05) is 6.54 Å². The first kappa shape index (κ1) is 15.0. The number of carbonyl (C=O) groups excluding carboxylic acids is 2. The van der Waals surface area contributed by atoms with Crippen molar-refractivity contribution in [1.82, 2.24) is 14.9 Å². The molecule has 3 N–H and O–H groups in total.